The van der Waals surface area contributed by atoms with Gasteiger partial charge in [0.2, 0.25) is 0 Å². The first-order chi connectivity index (χ1) is 7.81. The molecule has 4 nitrogen and oxygen atoms in total. The predicted octanol–water partition coefficient (Wildman–Crippen LogP) is 1.32. The lowest BCUT2D eigenvalue weighted by atomic mass is 9.90. The molecule has 16 heavy (non-hydrogen) atoms. The van der Waals surface area contributed by atoms with Crippen LogP contribution in [0, 0.1) is 0 Å². The van der Waals surface area contributed by atoms with Gasteiger partial charge in [-0.05, 0) is 26.2 Å². The Bertz CT molecular complexity index is 235. The predicted molar refractivity (Wildman–Crippen MR) is 58.4 cm³/mol. The summed E-state index contributed by atoms with van der Waals surface area (Å²) in [5, 5.41) is 0. The summed E-state index contributed by atoms with van der Waals surface area (Å²) in [5.74, 6) is 0.163. The normalized spacial score (nSPS) is 34.8. The van der Waals surface area contributed by atoms with E-state index in [9.17, 15) is 4.79 Å². The lowest BCUT2D eigenvalue weighted by Gasteiger charge is -2.35. The molecule has 0 N–H and O–H groups in total. The van der Waals surface area contributed by atoms with Crippen LogP contribution in [0.25, 0.3) is 0 Å². The van der Waals surface area contributed by atoms with Crippen LogP contribution in [0.5, 0.6) is 0 Å². The summed E-state index contributed by atoms with van der Waals surface area (Å²) in [7, 11) is 0. The highest BCUT2D eigenvalue weighted by atomic mass is 16.6. The zero-order valence-electron chi connectivity index (χ0n) is 9.81. The van der Waals surface area contributed by atoms with E-state index in [0.29, 0.717) is 19.6 Å². The summed E-state index contributed by atoms with van der Waals surface area (Å²) >= 11 is 0. The monoisotopic (exact) mass is 228 g/mol. The Morgan fingerprint density at radius 1 is 1.38 bits per heavy atom. The van der Waals surface area contributed by atoms with E-state index < -0.39 is 0 Å². The van der Waals surface area contributed by atoms with Crippen molar-refractivity contribution in [1.82, 2.24) is 0 Å². The molecule has 2 fully saturated rings. The van der Waals surface area contributed by atoms with Crippen molar-refractivity contribution in [3.8, 4) is 0 Å². The van der Waals surface area contributed by atoms with E-state index in [0.717, 1.165) is 19.4 Å². The van der Waals surface area contributed by atoms with Gasteiger partial charge < -0.3 is 14.2 Å². The third-order valence-corrected chi connectivity index (χ3v) is 3.17. The van der Waals surface area contributed by atoms with Gasteiger partial charge in [-0.2, -0.15) is 0 Å². The SMILES string of the molecule is CCOC1C(=O)CC1OCC1CCCCO1. The summed E-state index contributed by atoms with van der Waals surface area (Å²) in [5.41, 5.74) is 0. The molecule has 0 spiro atoms. The van der Waals surface area contributed by atoms with Crippen molar-refractivity contribution in [2.75, 3.05) is 19.8 Å². The van der Waals surface area contributed by atoms with Crippen LogP contribution < -0.4 is 0 Å². The van der Waals surface area contributed by atoms with Crippen molar-refractivity contribution in [2.24, 2.45) is 0 Å². The topological polar surface area (TPSA) is 44.8 Å². The van der Waals surface area contributed by atoms with Crippen LogP contribution in [-0.4, -0.2) is 43.9 Å². The summed E-state index contributed by atoms with van der Waals surface area (Å²) in [6.45, 7) is 3.90. The van der Waals surface area contributed by atoms with E-state index in [1.807, 2.05) is 6.92 Å². The maximum absolute atomic E-state index is 11.2. The second kappa shape index (κ2) is 5.75. The molecule has 2 rings (SSSR count). The fourth-order valence-corrected chi connectivity index (χ4v) is 2.16. The van der Waals surface area contributed by atoms with Gasteiger partial charge in [-0.1, -0.05) is 0 Å². The van der Waals surface area contributed by atoms with Gasteiger partial charge in [0.05, 0.1) is 18.8 Å². The summed E-state index contributed by atoms with van der Waals surface area (Å²) < 4.78 is 16.6. The standard InChI is InChI=1S/C12H20O4/c1-2-14-12-10(13)7-11(12)16-8-9-5-3-4-6-15-9/h9,11-12H,2-8H2,1H3. The molecule has 3 unspecified atom stereocenters. The van der Waals surface area contributed by atoms with E-state index in [1.54, 1.807) is 0 Å². The molecular formula is C12H20O4. The van der Waals surface area contributed by atoms with Gasteiger partial charge in [-0.15, -0.1) is 0 Å². The van der Waals surface area contributed by atoms with Crippen molar-refractivity contribution in [3.05, 3.63) is 0 Å². The fourth-order valence-electron chi connectivity index (χ4n) is 2.16. The average molecular weight is 228 g/mol. The minimum absolute atomic E-state index is 0.0435. The van der Waals surface area contributed by atoms with Crippen molar-refractivity contribution in [3.63, 3.8) is 0 Å². The van der Waals surface area contributed by atoms with Crippen LogP contribution in [-0.2, 0) is 19.0 Å². The van der Waals surface area contributed by atoms with Crippen molar-refractivity contribution in [1.29, 1.82) is 0 Å². The van der Waals surface area contributed by atoms with Crippen LogP contribution in [0.3, 0.4) is 0 Å². The Labute approximate surface area is 96.2 Å². The first-order valence-electron chi connectivity index (χ1n) is 6.18. The Balaban J connectivity index is 1.67. The zero-order chi connectivity index (χ0) is 11.4. The molecule has 2 aliphatic rings. The Hall–Kier alpha value is -0.450. The molecule has 0 aromatic carbocycles. The summed E-state index contributed by atoms with van der Waals surface area (Å²) in [4.78, 5) is 11.2. The summed E-state index contributed by atoms with van der Waals surface area (Å²) in [6.07, 6.45) is 3.78. The van der Waals surface area contributed by atoms with E-state index in [-0.39, 0.29) is 24.1 Å². The second-order valence-electron chi connectivity index (χ2n) is 4.41. The minimum atomic E-state index is -0.325. The first-order valence-corrected chi connectivity index (χ1v) is 6.18. The van der Waals surface area contributed by atoms with Gasteiger partial charge >= 0.3 is 0 Å². The highest BCUT2D eigenvalue weighted by Gasteiger charge is 2.41. The van der Waals surface area contributed by atoms with Gasteiger partial charge in [0.25, 0.3) is 0 Å². The second-order valence-corrected chi connectivity index (χ2v) is 4.41. The van der Waals surface area contributed by atoms with Crippen LogP contribution >= 0.6 is 0 Å². The first kappa shape index (κ1) is 12.0. The Morgan fingerprint density at radius 2 is 2.25 bits per heavy atom. The van der Waals surface area contributed by atoms with Crippen LogP contribution in [0.1, 0.15) is 32.6 Å². The maximum atomic E-state index is 11.2. The largest absolute Gasteiger partial charge is 0.376 e. The smallest absolute Gasteiger partial charge is 0.166 e. The lowest BCUT2D eigenvalue weighted by molar-refractivity contribution is -0.171. The maximum Gasteiger partial charge on any atom is 0.166 e. The average Bonchev–Trinajstić information content (AvgIpc) is 2.32. The highest BCUT2D eigenvalue weighted by molar-refractivity contribution is 5.90. The Kier molecular flexibility index (Phi) is 4.32. The van der Waals surface area contributed by atoms with Gasteiger partial charge in [0, 0.05) is 19.6 Å². The number of carbonyl (C=O) groups excluding carboxylic acids is 1. The number of Topliss-reactive ketones (excluding diaryl/α,β-unsaturated/α-hetero) is 1. The zero-order valence-corrected chi connectivity index (χ0v) is 9.81. The van der Waals surface area contributed by atoms with E-state index >= 15 is 0 Å². The third kappa shape index (κ3) is 2.81. The van der Waals surface area contributed by atoms with Crippen LogP contribution in [0.2, 0.25) is 0 Å². The third-order valence-electron chi connectivity index (χ3n) is 3.17. The fraction of sp³-hybridized carbons (Fsp3) is 0.917. The molecule has 0 bridgehead atoms. The number of hydrogen-bond donors (Lipinski definition) is 0. The molecule has 3 atom stereocenters. The van der Waals surface area contributed by atoms with Crippen LogP contribution in [0.15, 0.2) is 0 Å². The molecule has 1 saturated carbocycles. The number of carbonyl (C=O) groups is 1. The van der Waals surface area contributed by atoms with Gasteiger partial charge in [0.1, 0.15) is 6.10 Å². The van der Waals surface area contributed by atoms with Crippen LogP contribution in [0.4, 0.5) is 0 Å². The van der Waals surface area contributed by atoms with E-state index in [1.165, 1.54) is 6.42 Å². The molecular weight excluding hydrogens is 208 g/mol. The van der Waals surface area contributed by atoms with Gasteiger partial charge in [-0.25, -0.2) is 0 Å². The molecule has 1 aliphatic carbocycles. The van der Waals surface area contributed by atoms with Crippen molar-refractivity contribution < 1.29 is 19.0 Å². The molecule has 4 heteroatoms. The molecule has 92 valence electrons. The van der Waals surface area contributed by atoms with Gasteiger partial charge in [-0.3, -0.25) is 4.79 Å². The quantitative estimate of drug-likeness (QED) is 0.712. The van der Waals surface area contributed by atoms with Gasteiger partial charge in [0.15, 0.2) is 5.78 Å². The molecule has 0 aromatic rings. The minimum Gasteiger partial charge on any atom is -0.376 e. The highest BCUT2D eigenvalue weighted by Crippen LogP contribution is 2.24. The molecule has 1 heterocycles. The number of ketones is 1. The lowest BCUT2D eigenvalue weighted by Crippen LogP contribution is -2.51. The van der Waals surface area contributed by atoms with E-state index in [2.05, 4.69) is 0 Å². The number of ether oxygens (including phenoxy) is 3. The molecule has 0 radical (unpaired) electrons. The molecule has 0 aromatic heterocycles. The summed E-state index contributed by atoms with van der Waals surface area (Å²) in [6, 6.07) is 0. The molecule has 0 amide bonds. The molecule has 1 aliphatic heterocycles. The molecule has 1 saturated heterocycles. The van der Waals surface area contributed by atoms with Crippen molar-refractivity contribution in [2.45, 2.75) is 50.9 Å². The number of rotatable bonds is 5. The van der Waals surface area contributed by atoms with Crippen molar-refractivity contribution >= 4 is 5.78 Å². The van der Waals surface area contributed by atoms with E-state index in [4.69, 9.17) is 14.2 Å². The number of hydrogen-bond acceptors (Lipinski definition) is 4. The Morgan fingerprint density at radius 3 is 2.88 bits per heavy atom.